The average Bonchev–Trinajstić information content (AvgIpc) is 3.15. The van der Waals surface area contributed by atoms with Crippen molar-refractivity contribution in [2.24, 2.45) is 5.92 Å². The molecule has 0 aliphatic carbocycles. The van der Waals surface area contributed by atoms with Gasteiger partial charge in [-0.2, -0.15) is 0 Å². The molecule has 0 radical (unpaired) electrons. The first-order valence-electron chi connectivity index (χ1n) is 19.4. The number of fused-ring (bicyclic) bond motifs is 1. The van der Waals surface area contributed by atoms with Crippen molar-refractivity contribution in [2.45, 2.75) is 115 Å². The minimum atomic E-state index is -1.13. The van der Waals surface area contributed by atoms with Crippen LogP contribution in [-0.4, -0.2) is 74.0 Å². The zero-order valence-electron chi connectivity index (χ0n) is 32.0. The molecule has 2 aliphatic heterocycles. The minimum absolute atomic E-state index is 0.0000477. The Morgan fingerprint density at radius 1 is 0.927 bits per heavy atom. The van der Waals surface area contributed by atoms with Crippen LogP contribution >= 0.6 is 0 Å². The van der Waals surface area contributed by atoms with E-state index >= 15 is 0 Å². The largest absolute Gasteiger partial charge is 0.464 e. The van der Waals surface area contributed by atoms with Crippen LogP contribution < -0.4 is 16.0 Å². The lowest BCUT2D eigenvalue weighted by Crippen LogP contribution is -2.54. The quantitative estimate of drug-likeness (QED) is 0.105. The van der Waals surface area contributed by atoms with Gasteiger partial charge in [-0.25, -0.2) is 18.8 Å². The molecule has 0 bridgehead atoms. The number of esters is 1. The van der Waals surface area contributed by atoms with Crippen molar-refractivity contribution in [1.29, 1.82) is 0 Å². The highest BCUT2D eigenvalue weighted by molar-refractivity contribution is 5.86. The number of carbonyl (C=O) groups excluding carboxylic acids is 4. The number of amides is 3. The van der Waals surface area contributed by atoms with Gasteiger partial charge in [0.2, 0.25) is 5.91 Å². The van der Waals surface area contributed by atoms with Crippen molar-refractivity contribution >= 4 is 34.8 Å². The van der Waals surface area contributed by atoms with Crippen molar-refractivity contribution in [3.63, 3.8) is 0 Å². The van der Waals surface area contributed by atoms with Crippen LogP contribution in [0.2, 0.25) is 0 Å². The van der Waals surface area contributed by atoms with Crippen LogP contribution in [0.25, 0.3) is 10.8 Å². The highest BCUT2D eigenvalue weighted by Gasteiger charge is 2.47. The van der Waals surface area contributed by atoms with E-state index in [0.29, 0.717) is 51.6 Å². The number of benzene rings is 3. The lowest BCUT2D eigenvalue weighted by molar-refractivity contribution is -0.329. The summed E-state index contributed by atoms with van der Waals surface area (Å²) in [7, 11) is 0. The Morgan fingerprint density at radius 3 is 2.47 bits per heavy atom. The molecule has 12 nitrogen and oxygen atoms in total. The Labute approximate surface area is 322 Å². The van der Waals surface area contributed by atoms with Gasteiger partial charge in [0.15, 0.2) is 5.79 Å². The summed E-state index contributed by atoms with van der Waals surface area (Å²) in [5.41, 5.74) is 1.84. The van der Waals surface area contributed by atoms with Crippen LogP contribution in [0.5, 0.6) is 0 Å². The van der Waals surface area contributed by atoms with Crippen LogP contribution in [0, 0.1) is 11.7 Å². The van der Waals surface area contributed by atoms with E-state index in [0.717, 1.165) is 21.9 Å². The number of carbonyl (C=O) groups is 4. The number of halogens is 1. The smallest absolute Gasteiger partial charge is 0.407 e. The van der Waals surface area contributed by atoms with Crippen LogP contribution in [-0.2, 0) is 46.2 Å². The molecule has 0 aromatic heterocycles. The van der Waals surface area contributed by atoms with Gasteiger partial charge in [0, 0.05) is 38.8 Å². The topological polar surface area (TPSA) is 151 Å². The summed E-state index contributed by atoms with van der Waals surface area (Å²) in [5.74, 6) is -2.09. The standard InChI is InChI=1S/C42H54FN3O9/c1-4-51-39(48)37(23-28(2)3)46-38(47)19-18-33-24-35(53-41(50)44-22-20-29-14-16-32(43)17-15-29)25-42(54-33)21-8-12-34(55-42)27-52-40(49)45-26-31-11-7-10-30-9-5-6-13-36(30)31/h5-7,9-11,13-17,28,33-35,37H,4,8,12,18-27H2,1-3H3,(H,44,50)(H,45,49)(H,46,47)/t33-,34-,35-,37+,42+/m1/s1. The molecule has 2 heterocycles. The monoisotopic (exact) mass is 763 g/mol. The van der Waals surface area contributed by atoms with Gasteiger partial charge in [0.1, 0.15) is 24.6 Å². The summed E-state index contributed by atoms with van der Waals surface area (Å²) in [6.45, 7) is 6.46. The first-order chi connectivity index (χ1) is 26.5. The SMILES string of the molecule is CCOC(=O)[C@H](CC(C)C)NC(=O)CC[C@@H]1C[C@@H](OC(=O)NCCc2ccc(F)cc2)C[C@@]2(CCC[C@H](COC(=O)NCc3cccc4ccccc34)O2)O1. The maximum Gasteiger partial charge on any atom is 0.407 e. The van der Waals surface area contributed by atoms with Crippen LogP contribution in [0.4, 0.5) is 14.0 Å². The zero-order valence-corrected chi connectivity index (χ0v) is 32.0. The molecule has 2 fully saturated rings. The van der Waals surface area contributed by atoms with Crippen molar-refractivity contribution in [1.82, 2.24) is 16.0 Å². The van der Waals surface area contributed by atoms with Crippen molar-refractivity contribution in [3.05, 3.63) is 83.7 Å². The van der Waals surface area contributed by atoms with E-state index in [1.54, 1.807) is 19.1 Å². The second-order valence-electron chi connectivity index (χ2n) is 14.7. The molecule has 2 saturated heterocycles. The number of hydrogen-bond acceptors (Lipinski definition) is 9. The molecule has 1 spiro atoms. The summed E-state index contributed by atoms with van der Waals surface area (Å²) in [5, 5.41) is 10.6. The van der Waals surface area contributed by atoms with E-state index in [-0.39, 0.29) is 50.1 Å². The van der Waals surface area contributed by atoms with Crippen LogP contribution in [0.3, 0.4) is 0 Å². The molecule has 298 valence electrons. The fourth-order valence-corrected chi connectivity index (χ4v) is 7.24. The third-order valence-electron chi connectivity index (χ3n) is 9.79. The van der Waals surface area contributed by atoms with E-state index in [4.69, 9.17) is 23.7 Å². The second kappa shape index (κ2) is 20.2. The van der Waals surface area contributed by atoms with Gasteiger partial charge < -0.3 is 39.6 Å². The normalized spacial score (nSPS) is 21.4. The molecular formula is C42H54FN3O9. The van der Waals surface area contributed by atoms with Crippen molar-refractivity contribution < 1.29 is 47.3 Å². The molecule has 5 atom stereocenters. The van der Waals surface area contributed by atoms with Gasteiger partial charge in [-0.05, 0) is 79.0 Å². The molecule has 5 rings (SSSR count). The van der Waals surface area contributed by atoms with Gasteiger partial charge in [0.25, 0.3) is 0 Å². The summed E-state index contributed by atoms with van der Waals surface area (Å²) in [6, 6.07) is 19.2. The molecular weight excluding hydrogens is 709 g/mol. The third kappa shape index (κ3) is 12.9. The number of alkyl carbamates (subject to hydrolysis) is 2. The molecule has 55 heavy (non-hydrogen) atoms. The Morgan fingerprint density at radius 2 is 1.69 bits per heavy atom. The highest BCUT2D eigenvalue weighted by atomic mass is 19.1. The molecule has 0 saturated carbocycles. The van der Waals surface area contributed by atoms with Crippen molar-refractivity contribution in [3.8, 4) is 0 Å². The molecule has 13 heteroatoms. The Kier molecular flexibility index (Phi) is 15.2. The fourth-order valence-electron chi connectivity index (χ4n) is 7.24. The van der Waals surface area contributed by atoms with E-state index < -0.39 is 48.3 Å². The Balaban J connectivity index is 1.18. The van der Waals surface area contributed by atoms with E-state index in [1.165, 1.54) is 12.1 Å². The summed E-state index contributed by atoms with van der Waals surface area (Å²) in [4.78, 5) is 51.4. The molecule has 3 aromatic carbocycles. The van der Waals surface area contributed by atoms with Crippen LogP contribution in [0.15, 0.2) is 66.7 Å². The van der Waals surface area contributed by atoms with E-state index in [1.807, 2.05) is 56.3 Å². The minimum Gasteiger partial charge on any atom is -0.464 e. The molecule has 3 amide bonds. The summed E-state index contributed by atoms with van der Waals surface area (Å²) >= 11 is 0. The third-order valence-corrected chi connectivity index (χ3v) is 9.79. The second-order valence-corrected chi connectivity index (χ2v) is 14.7. The number of nitrogens with one attached hydrogen (secondary N) is 3. The fraction of sp³-hybridized carbons (Fsp3) is 0.524. The van der Waals surface area contributed by atoms with Crippen molar-refractivity contribution in [2.75, 3.05) is 19.8 Å². The molecule has 2 aliphatic rings. The predicted octanol–water partition coefficient (Wildman–Crippen LogP) is 6.86. The number of rotatable bonds is 16. The molecule has 3 aromatic rings. The number of ether oxygens (including phenoxy) is 5. The van der Waals surface area contributed by atoms with Gasteiger partial charge in [-0.3, -0.25) is 4.79 Å². The zero-order chi connectivity index (χ0) is 39.2. The maximum atomic E-state index is 13.3. The van der Waals surface area contributed by atoms with Gasteiger partial charge in [0.05, 0.1) is 18.8 Å². The summed E-state index contributed by atoms with van der Waals surface area (Å²) in [6.07, 6.45) is 0.999. The highest BCUT2D eigenvalue weighted by Crippen LogP contribution is 2.41. The average molecular weight is 764 g/mol. The lowest BCUT2D eigenvalue weighted by Gasteiger charge is -2.47. The van der Waals surface area contributed by atoms with Gasteiger partial charge >= 0.3 is 18.2 Å². The Hall–Kier alpha value is -4.75. The van der Waals surface area contributed by atoms with Gasteiger partial charge in [-0.15, -0.1) is 0 Å². The first-order valence-corrected chi connectivity index (χ1v) is 19.4. The van der Waals surface area contributed by atoms with Crippen LogP contribution in [0.1, 0.15) is 83.3 Å². The molecule has 3 N–H and O–H groups in total. The summed E-state index contributed by atoms with van der Waals surface area (Å²) < 4.78 is 43.1. The number of hydrogen-bond donors (Lipinski definition) is 3. The van der Waals surface area contributed by atoms with E-state index in [9.17, 15) is 23.6 Å². The van der Waals surface area contributed by atoms with E-state index in [2.05, 4.69) is 16.0 Å². The first kappa shape index (κ1) is 41.4. The maximum absolute atomic E-state index is 13.3. The van der Waals surface area contributed by atoms with Gasteiger partial charge in [-0.1, -0.05) is 68.4 Å². The Bertz CT molecular complexity index is 1730. The molecule has 0 unspecified atom stereocenters. The predicted molar refractivity (Wildman–Crippen MR) is 203 cm³/mol. The lowest BCUT2D eigenvalue weighted by atomic mass is 9.90.